The van der Waals surface area contributed by atoms with Gasteiger partial charge in [-0.2, -0.15) is 0 Å². The second kappa shape index (κ2) is 10.2. The van der Waals surface area contributed by atoms with Crippen LogP contribution in [0.3, 0.4) is 0 Å². The quantitative estimate of drug-likeness (QED) is 0.593. The van der Waals surface area contributed by atoms with Crippen LogP contribution < -0.4 is 24.6 Å². The lowest BCUT2D eigenvalue weighted by Gasteiger charge is -2.30. The van der Waals surface area contributed by atoms with Crippen molar-refractivity contribution in [2.24, 2.45) is 0 Å². The summed E-state index contributed by atoms with van der Waals surface area (Å²) >= 11 is 0. The predicted molar refractivity (Wildman–Crippen MR) is 120 cm³/mol. The minimum atomic E-state index is 0.175. The van der Waals surface area contributed by atoms with Crippen molar-refractivity contribution in [3.63, 3.8) is 0 Å². The summed E-state index contributed by atoms with van der Waals surface area (Å²) in [7, 11) is 3.33. The Kier molecular flexibility index (Phi) is 7.10. The number of amides is 1. The van der Waals surface area contributed by atoms with E-state index < -0.39 is 0 Å². The molecule has 2 aliphatic rings. The van der Waals surface area contributed by atoms with Gasteiger partial charge in [0.2, 0.25) is 0 Å². The maximum Gasteiger partial charge on any atom is 0.275 e. The van der Waals surface area contributed by atoms with Crippen LogP contribution in [0.1, 0.15) is 35.6 Å². The van der Waals surface area contributed by atoms with Crippen molar-refractivity contribution in [1.82, 2.24) is 5.32 Å². The number of fused-ring (bicyclic) bond motifs is 1. The normalized spacial score (nSPS) is 23.0. The first-order valence-electron chi connectivity index (χ1n) is 11.4. The molecular formula is C25H35N3O3+2. The summed E-state index contributed by atoms with van der Waals surface area (Å²) in [5.74, 6) is 1.73. The number of rotatable bonds is 7. The number of hydrogen-bond acceptors (Lipinski definition) is 3. The molecule has 1 aliphatic heterocycles. The predicted octanol–water partition coefficient (Wildman–Crippen LogP) is 0.181. The van der Waals surface area contributed by atoms with Gasteiger partial charge >= 0.3 is 0 Å². The molecular weight excluding hydrogens is 390 g/mol. The molecule has 31 heavy (non-hydrogen) atoms. The Morgan fingerprint density at radius 3 is 2.52 bits per heavy atom. The van der Waals surface area contributed by atoms with Gasteiger partial charge in [-0.05, 0) is 48.6 Å². The zero-order valence-electron chi connectivity index (χ0n) is 18.7. The van der Waals surface area contributed by atoms with Crippen molar-refractivity contribution < 1.29 is 24.1 Å². The van der Waals surface area contributed by atoms with Gasteiger partial charge in [0.15, 0.2) is 18.0 Å². The minimum absolute atomic E-state index is 0.175. The standard InChI is InChI=1S/C25H33N3O3/c1-30-23-11-10-19(16-24(23)31-2)17-27-12-14-28(15-13-27)18-25(29)26-22-9-5-7-20-6-3-4-8-21(20)22/h3-4,6,8,10-11,16,22H,5,7,9,12-15,17-18H2,1-2H3,(H,26,29)/p+2/t22-/m1/s1. The van der Waals surface area contributed by atoms with Gasteiger partial charge in [-0.3, -0.25) is 4.79 Å². The zero-order chi connectivity index (χ0) is 21.6. The molecule has 0 spiro atoms. The van der Waals surface area contributed by atoms with Crippen molar-refractivity contribution in [3.05, 3.63) is 59.2 Å². The lowest BCUT2D eigenvalue weighted by atomic mass is 9.88. The fraction of sp³-hybridized carbons (Fsp3) is 0.480. The van der Waals surface area contributed by atoms with Crippen molar-refractivity contribution in [3.8, 4) is 11.5 Å². The summed E-state index contributed by atoms with van der Waals surface area (Å²) in [5.41, 5.74) is 3.95. The van der Waals surface area contributed by atoms with E-state index in [9.17, 15) is 4.79 Å². The van der Waals surface area contributed by atoms with Gasteiger partial charge in [0.25, 0.3) is 5.91 Å². The second-order valence-corrected chi connectivity index (χ2v) is 8.75. The van der Waals surface area contributed by atoms with E-state index in [2.05, 4.69) is 41.7 Å². The van der Waals surface area contributed by atoms with E-state index in [4.69, 9.17) is 9.47 Å². The van der Waals surface area contributed by atoms with Crippen molar-refractivity contribution >= 4 is 5.91 Å². The number of hydrogen-bond donors (Lipinski definition) is 3. The number of carbonyl (C=O) groups excluding carboxylic acids is 1. The third kappa shape index (κ3) is 5.38. The average Bonchev–Trinajstić information content (AvgIpc) is 2.80. The Bertz CT molecular complexity index is 893. The molecule has 6 nitrogen and oxygen atoms in total. The van der Waals surface area contributed by atoms with Crippen molar-refractivity contribution in [1.29, 1.82) is 0 Å². The zero-order valence-corrected chi connectivity index (χ0v) is 18.7. The van der Waals surface area contributed by atoms with Crippen LogP contribution >= 0.6 is 0 Å². The third-order valence-electron chi connectivity index (χ3n) is 6.68. The topological polar surface area (TPSA) is 56.4 Å². The number of ether oxygens (including phenoxy) is 2. The average molecular weight is 426 g/mol. The number of benzene rings is 2. The van der Waals surface area contributed by atoms with Crippen LogP contribution in [0.5, 0.6) is 11.5 Å². The number of piperazine rings is 1. The van der Waals surface area contributed by atoms with E-state index in [1.807, 2.05) is 6.07 Å². The Balaban J connectivity index is 1.25. The number of aryl methyl sites for hydroxylation is 1. The Hall–Kier alpha value is -2.57. The molecule has 0 bridgehead atoms. The highest BCUT2D eigenvalue weighted by Gasteiger charge is 2.27. The Morgan fingerprint density at radius 1 is 1.00 bits per heavy atom. The van der Waals surface area contributed by atoms with Crippen LogP contribution in [0.25, 0.3) is 0 Å². The van der Waals surface area contributed by atoms with Gasteiger partial charge in [-0.25, -0.2) is 0 Å². The summed E-state index contributed by atoms with van der Waals surface area (Å²) < 4.78 is 10.8. The SMILES string of the molecule is COc1ccc(C[NH+]2CC[NH+](CC(=O)N[C@@H]3CCCc4ccccc43)CC2)cc1OC. The van der Waals surface area contributed by atoms with Crippen LogP contribution in [0.4, 0.5) is 0 Å². The van der Waals surface area contributed by atoms with E-state index >= 15 is 0 Å². The first kappa shape index (κ1) is 21.7. The number of nitrogens with one attached hydrogen (secondary N) is 3. The molecule has 0 saturated carbocycles. The first-order valence-corrected chi connectivity index (χ1v) is 11.4. The highest BCUT2D eigenvalue weighted by atomic mass is 16.5. The molecule has 1 atom stereocenters. The largest absolute Gasteiger partial charge is 0.493 e. The molecule has 1 aliphatic carbocycles. The molecule has 1 amide bonds. The number of methoxy groups -OCH3 is 2. The molecule has 2 aromatic carbocycles. The van der Waals surface area contributed by atoms with E-state index in [-0.39, 0.29) is 11.9 Å². The van der Waals surface area contributed by atoms with Gasteiger partial charge in [0.05, 0.1) is 20.3 Å². The molecule has 0 unspecified atom stereocenters. The van der Waals surface area contributed by atoms with Gasteiger partial charge in [-0.15, -0.1) is 0 Å². The molecule has 1 fully saturated rings. The molecule has 1 saturated heterocycles. The summed E-state index contributed by atoms with van der Waals surface area (Å²) in [6, 6.07) is 14.9. The molecule has 0 aromatic heterocycles. The van der Waals surface area contributed by atoms with Gasteiger partial charge in [0, 0.05) is 5.56 Å². The van der Waals surface area contributed by atoms with Crippen LogP contribution in [0.2, 0.25) is 0 Å². The minimum Gasteiger partial charge on any atom is -0.493 e. The van der Waals surface area contributed by atoms with Crippen molar-refractivity contribution in [2.45, 2.75) is 31.8 Å². The lowest BCUT2D eigenvalue weighted by molar-refractivity contribution is -1.02. The maximum atomic E-state index is 12.7. The Morgan fingerprint density at radius 2 is 1.74 bits per heavy atom. The fourth-order valence-corrected chi connectivity index (χ4v) is 4.97. The summed E-state index contributed by atoms with van der Waals surface area (Å²) in [4.78, 5) is 15.7. The first-order chi connectivity index (χ1) is 15.2. The van der Waals surface area contributed by atoms with Crippen LogP contribution in [-0.4, -0.2) is 52.9 Å². The monoisotopic (exact) mass is 425 g/mol. The highest BCUT2D eigenvalue weighted by molar-refractivity contribution is 5.77. The van der Waals surface area contributed by atoms with Crippen LogP contribution in [0, 0.1) is 0 Å². The summed E-state index contributed by atoms with van der Waals surface area (Å²) in [5, 5.41) is 3.30. The molecule has 1 heterocycles. The molecule has 166 valence electrons. The van der Waals surface area contributed by atoms with Crippen LogP contribution in [0.15, 0.2) is 42.5 Å². The van der Waals surface area contributed by atoms with E-state index in [1.54, 1.807) is 19.1 Å². The molecule has 0 radical (unpaired) electrons. The number of carbonyl (C=O) groups is 1. The maximum absolute atomic E-state index is 12.7. The fourth-order valence-electron chi connectivity index (χ4n) is 4.97. The highest BCUT2D eigenvalue weighted by Crippen LogP contribution is 2.29. The molecule has 3 N–H and O–H groups in total. The van der Waals surface area contributed by atoms with Gasteiger partial charge in [0.1, 0.15) is 32.7 Å². The van der Waals surface area contributed by atoms with E-state index in [0.717, 1.165) is 63.5 Å². The Labute approximate surface area is 185 Å². The lowest BCUT2D eigenvalue weighted by Crippen LogP contribution is -3.28. The smallest absolute Gasteiger partial charge is 0.275 e. The van der Waals surface area contributed by atoms with E-state index in [0.29, 0.717) is 6.54 Å². The second-order valence-electron chi connectivity index (χ2n) is 8.75. The summed E-state index contributed by atoms with van der Waals surface area (Å²) in [6.07, 6.45) is 3.31. The molecule has 2 aromatic rings. The molecule has 4 rings (SSSR count). The molecule has 6 heteroatoms. The van der Waals surface area contributed by atoms with Crippen molar-refractivity contribution in [2.75, 3.05) is 46.9 Å². The van der Waals surface area contributed by atoms with Gasteiger partial charge in [-0.1, -0.05) is 24.3 Å². The number of quaternary nitrogens is 2. The van der Waals surface area contributed by atoms with Gasteiger partial charge < -0.3 is 24.6 Å². The third-order valence-corrected chi connectivity index (χ3v) is 6.68. The van der Waals surface area contributed by atoms with E-state index in [1.165, 1.54) is 21.6 Å². The van der Waals surface area contributed by atoms with Crippen LogP contribution in [-0.2, 0) is 17.8 Å². The summed E-state index contributed by atoms with van der Waals surface area (Å²) in [6.45, 7) is 5.74.